The molecule has 2 heterocycles. The quantitative estimate of drug-likeness (QED) is 0.665. The molecule has 0 aliphatic rings. The Balaban J connectivity index is 2.37. The van der Waals surface area contributed by atoms with E-state index in [1.54, 1.807) is 10.7 Å². The molecule has 3 rings (SSSR count). The summed E-state index contributed by atoms with van der Waals surface area (Å²) in [5.74, 6) is 0. The minimum Gasteiger partial charge on any atom is -0.236 e. The number of hydrogen-bond donors (Lipinski definition) is 0. The first-order chi connectivity index (χ1) is 9.19. The molecule has 0 bridgehead atoms. The number of nitrogens with zero attached hydrogens (tertiary/aromatic N) is 4. The monoisotopic (exact) mass is 248 g/mol. The van der Waals surface area contributed by atoms with Gasteiger partial charge in [0.05, 0.1) is 17.0 Å². The highest BCUT2D eigenvalue weighted by Crippen LogP contribution is 2.24. The van der Waals surface area contributed by atoms with Crippen LogP contribution in [0.25, 0.3) is 16.9 Å². The van der Waals surface area contributed by atoms with Crippen LogP contribution in [0.1, 0.15) is 16.8 Å². The Morgan fingerprint density at radius 1 is 1.16 bits per heavy atom. The molecule has 0 N–H and O–H groups in total. The fourth-order valence-corrected chi connectivity index (χ4v) is 2.12. The van der Waals surface area contributed by atoms with Gasteiger partial charge in [0.15, 0.2) is 5.65 Å². The van der Waals surface area contributed by atoms with Crippen molar-refractivity contribution in [3.63, 3.8) is 0 Å². The maximum Gasteiger partial charge on any atom is 0.155 e. The van der Waals surface area contributed by atoms with Crippen LogP contribution >= 0.6 is 0 Å². The third kappa shape index (κ3) is 1.85. The molecule has 4 heteroatoms. The van der Waals surface area contributed by atoms with Gasteiger partial charge < -0.3 is 0 Å². The topological polar surface area (TPSA) is 54.0 Å². The van der Waals surface area contributed by atoms with Gasteiger partial charge in [0.1, 0.15) is 6.07 Å². The van der Waals surface area contributed by atoms with Crippen molar-refractivity contribution < 1.29 is 0 Å². The number of nitriles is 1. The van der Waals surface area contributed by atoms with Crippen LogP contribution in [0, 0.1) is 25.2 Å². The average molecular weight is 248 g/mol. The molecule has 4 nitrogen and oxygen atoms in total. The summed E-state index contributed by atoms with van der Waals surface area (Å²) in [6.45, 7) is 3.95. The van der Waals surface area contributed by atoms with Crippen molar-refractivity contribution in [2.75, 3.05) is 0 Å². The van der Waals surface area contributed by atoms with Crippen LogP contribution in [0.15, 0.2) is 36.5 Å². The van der Waals surface area contributed by atoms with Gasteiger partial charge in [-0.3, -0.25) is 0 Å². The number of aromatic nitrogens is 3. The maximum absolute atomic E-state index is 9.27. The molecule has 0 aliphatic heterocycles. The minimum absolute atomic E-state index is 0.527. The molecule has 3 aromatic rings. The molecular formula is C15H12N4. The van der Waals surface area contributed by atoms with Gasteiger partial charge in [0.2, 0.25) is 0 Å². The summed E-state index contributed by atoms with van der Waals surface area (Å²) in [5.41, 5.74) is 5.12. The standard InChI is InChI=1S/C15H12N4/c1-10-3-5-12(6-4-10)15-13(8-16)9-17-14-7-11(2)18-19(14)15/h3-7,9H,1-2H3. The number of aryl methyl sites for hydroxylation is 2. The van der Waals surface area contributed by atoms with Gasteiger partial charge >= 0.3 is 0 Å². The van der Waals surface area contributed by atoms with Crippen LogP contribution in [-0.2, 0) is 0 Å². The summed E-state index contributed by atoms with van der Waals surface area (Å²) in [4.78, 5) is 4.25. The van der Waals surface area contributed by atoms with Crippen LogP contribution < -0.4 is 0 Å². The van der Waals surface area contributed by atoms with Crippen LogP contribution in [0.2, 0.25) is 0 Å². The van der Waals surface area contributed by atoms with E-state index in [-0.39, 0.29) is 0 Å². The summed E-state index contributed by atoms with van der Waals surface area (Å²) >= 11 is 0. The van der Waals surface area contributed by atoms with Crippen molar-refractivity contribution in [1.82, 2.24) is 14.6 Å². The Labute approximate surface area is 111 Å². The van der Waals surface area contributed by atoms with Gasteiger partial charge in [-0.1, -0.05) is 29.8 Å². The SMILES string of the molecule is Cc1ccc(-c2c(C#N)cnc3cc(C)nn23)cc1. The summed E-state index contributed by atoms with van der Waals surface area (Å²) in [7, 11) is 0. The van der Waals surface area contributed by atoms with Gasteiger partial charge in [-0.2, -0.15) is 10.4 Å². The lowest BCUT2D eigenvalue weighted by molar-refractivity contribution is 0.921. The van der Waals surface area contributed by atoms with Crippen molar-refractivity contribution in [1.29, 1.82) is 5.26 Å². The molecule has 0 saturated carbocycles. The van der Waals surface area contributed by atoms with Crippen LogP contribution in [-0.4, -0.2) is 14.6 Å². The third-order valence-corrected chi connectivity index (χ3v) is 3.05. The first-order valence-corrected chi connectivity index (χ1v) is 6.01. The fourth-order valence-electron chi connectivity index (χ4n) is 2.12. The zero-order chi connectivity index (χ0) is 13.4. The molecule has 19 heavy (non-hydrogen) atoms. The van der Waals surface area contributed by atoms with Crippen LogP contribution in [0.5, 0.6) is 0 Å². The Morgan fingerprint density at radius 3 is 2.58 bits per heavy atom. The lowest BCUT2D eigenvalue weighted by Crippen LogP contribution is -1.99. The highest BCUT2D eigenvalue weighted by atomic mass is 15.3. The second kappa shape index (κ2) is 4.21. The highest BCUT2D eigenvalue weighted by Gasteiger charge is 2.12. The predicted octanol–water partition coefficient (Wildman–Crippen LogP) is 2.88. The minimum atomic E-state index is 0.527. The van der Waals surface area contributed by atoms with Crippen molar-refractivity contribution >= 4 is 5.65 Å². The van der Waals surface area contributed by atoms with E-state index in [1.165, 1.54) is 5.56 Å². The zero-order valence-corrected chi connectivity index (χ0v) is 10.8. The zero-order valence-electron chi connectivity index (χ0n) is 10.8. The molecule has 0 spiro atoms. The van der Waals surface area contributed by atoms with Gasteiger partial charge in [0, 0.05) is 17.8 Å². The third-order valence-electron chi connectivity index (χ3n) is 3.05. The molecule has 0 saturated heterocycles. The molecule has 0 unspecified atom stereocenters. The highest BCUT2D eigenvalue weighted by molar-refractivity contribution is 5.69. The predicted molar refractivity (Wildman–Crippen MR) is 72.6 cm³/mol. The summed E-state index contributed by atoms with van der Waals surface area (Å²) < 4.78 is 1.73. The maximum atomic E-state index is 9.27. The average Bonchev–Trinajstić information content (AvgIpc) is 2.79. The van der Waals surface area contributed by atoms with E-state index in [2.05, 4.69) is 16.2 Å². The Morgan fingerprint density at radius 2 is 1.89 bits per heavy atom. The number of rotatable bonds is 1. The van der Waals surface area contributed by atoms with Crippen molar-refractivity contribution in [2.24, 2.45) is 0 Å². The smallest absolute Gasteiger partial charge is 0.155 e. The Hall–Kier alpha value is -2.67. The molecule has 92 valence electrons. The first-order valence-electron chi connectivity index (χ1n) is 6.01. The number of benzene rings is 1. The van der Waals surface area contributed by atoms with E-state index < -0.39 is 0 Å². The molecule has 0 fully saturated rings. The van der Waals surface area contributed by atoms with Gasteiger partial charge in [-0.05, 0) is 13.8 Å². The molecule has 0 atom stereocenters. The fraction of sp³-hybridized carbons (Fsp3) is 0.133. The molecular weight excluding hydrogens is 236 g/mol. The molecule has 0 aliphatic carbocycles. The van der Waals surface area contributed by atoms with Crippen molar-refractivity contribution in [2.45, 2.75) is 13.8 Å². The second-order valence-corrected chi connectivity index (χ2v) is 4.55. The molecule has 0 radical (unpaired) electrons. The van der Waals surface area contributed by atoms with E-state index in [0.29, 0.717) is 5.56 Å². The van der Waals surface area contributed by atoms with Crippen molar-refractivity contribution in [3.8, 4) is 17.3 Å². The van der Waals surface area contributed by atoms with E-state index in [9.17, 15) is 5.26 Å². The second-order valence-electron chi connectivity index (χ2n) is 4.55. The van der Waals surface area contributed by atoms with Crippen molar-refractivity contribution in [3.05, 3.63) is 53.3 Å². The molecule has 0 amide bonds. The lowest BCUT2D eigenvalue weighted by Gasteiger charge is -2.07. The molecule has 1 aromatic carbocycles. The van der Waals surface area contributed by atoms with E-state index in [4.69, 9.17) is 0 Å². The first kappa shape index (κ1) is 11.4. The molecule has 2 aromatic heterocycles. The van der Waals surface area contributed by atoms with E-state index in [0.717, 1.165) is 22.6 Å². The Bertz CT molecular complexity index is 791. The normalized spacial score (nSPS) is 10.6. The number of fused-ring (bicyclic) bond motifs is 1. The summed E-state index contributed by atoms with van der Waals surface area (Å²) in [5, 5.41) is 13.7. The van der Waals surface area contributed by atoms with Gasteiger partial charge in [-0.15, -0.1) is 0 Å². The van der Waals surface area contributed by atoms with E-state index in [1.807, 2.05) is 44.2 Å². The Kier molecular flexibility index (Phi) is 2.53. The van der Waals surface area contributed by atoms with E-state index >= 15 is 0 Å². The summed E-state index contributed by atoms with van der Waals surface area (Å²) in [6.07, 6.45) is 1.60. The van der Waals surface area contributed by atoms with Crippen LogP contribution in [0.4, 0.5) is 0 Å². The largest absolute Gasteiger partial charge is 0.236 e. The lowest BCUT2D eigenvalue weighted by atomic mass is 10.1. The van der Waals surface area contributed by atoms with Gasteiger partial charge in [-0.25, -0.2) is 9.50 Å². The van der Waals surface area contributed by atoms with Gasteiger partial charge in [0.25, 0.3) is 0 Å². The number of hydrogen-bond acceptors (Lipinski definition) is 3. The summed E-state index contributed by atoms with van der Waals surface area (Å²) in [6, 6.07) is 12.1. The van der Waals surface area contributed by atoms with Crippen LogP contribution in [0.3, 0.4) is 0 Å².